The van der Waals surface area contributed by atoms with Crippen molar-refractivity contribution in [1.29, 1.82) is 0 Å². The Balaban J connectivity index is 1.98. The van der Waals surface area contributed by atoms with Crippen molar-refractivity contribution >= 4 is 23.3 Å². The summed E-state index contributed by atoms with van der Waals surface area (Å²) in [7, 11) is 1.61. The van der Waals surface area contributed by atoms with Gasteiger partial charge in [0.1, 0.15) is 5.75 Å². The van der Waals surface area contributed by atoms with E-state index in [0.717, 1.165) is 5.69 Å². The lowest BCUT2D eigenvalue weighted by atomic mass is 10.3. The number of aromatic nitrogens is 1. The fourth-order valence-electron chi connectivity index (χ4n) is 1.80. The quantitative estimate of drug-likeness (QED) is 0.894. The molecular weight excluding hydrogens is 328 g/mol. The molecule has 0 fully saturated rings. The average Bonchev–Trinajstić information content (AvgIpc) is 2.50. The number of halogens is 3. The van der Waals surface area contributed by atoms with E-state index in [9.17, 15) is 13.6 Å². The first-order valence-corrected chi connectivity index (χ1v) is 7.00. The monoisotopic (exact) mass is 341 g/mol. The molecule has 0 bridgehead atoms. The zero-order chi connectivity index (χ0) is 16.8. The second kappa shape index (κ2) is 7.73. The molecule has 23 heavy (non-hydrogen) atoms. The number of benzene rings is 1. The topological polar surface area (TPSA) is 54.5 Å². The summed E-state index contributed by atoms with van der Waals surface area (Å²) in [6, 6.07) is 9.07. The molecule has 8 heteroatoms. The second-order valence-corrected chi connectivity index (χ2v) is 5.04. The van der Waals surface area contributed by atoms with Gasteiger partial charge in [-0.05, 0) is 30.3 Å². The van der Waals surface area contributed by atoms with Crippen LogP contribution < -0.4 is 10.1 Å². The molecule has 0 radical (unpaired) electrons. The zero-order valence-corrected chi connectivity index (χ0v) is 12.9. The first-order valence-electron chi connectivity index (χ1n) is 6.62. The van der Waals surface area contributed by atoms with E-state index in [2.05, 4.69) is 15.0 Å². The largest absolute Gasteiger partial charge is 0.433 e. The smallest absolute Gasteiger partial charge is 0.387 e. The Kier molecular flexibility index (Phi) is 5.70. The number of amides is 2. The van der Waals surface area contributed by atoms with Crippen LogP contribution in [0.5, 0.6) is 5.75 Å². The Morgan fingerprint density at radius 1 is 1.39 bits per heavy atom. The van der Waals surface area contributed by atoms with E-state index in [1.54, 1.807) is 25.4 Å². The van der Waals surface area contributed by atoms with E-state index in [1.165, 1.54) is 23.1 Å². The molecular formula is C15H14ClF2N3O2. The number of nitrogens with one attached hydrogen (secondary N) is 1. The van der Waals surface area contributed by atoms with Crippen LogP contribution >= 0.6 is 11.6 Å². The SMILES string of the molecule is CN(Cc1ccccn1)C(=O)Nc1ccc(OC(F)F)c(Cl)c1. The van der Waals surface area contributed by atoms with Crippen LogP contribution in [0.1, 0.15) is 5.69 Å². The van der Waals surface area contributed by atoms with Gasteiger partial charge in [0.2, 0.25) is 0 Å². The first-order chi connectivity index (χ1) is 11.0. The van der Waals surface area contributed by atoms with Gasteiger partial charge in [-0.2, -0.15) is 8.78 Å². The highest BCUT2D eigenvalue weighted by Gasteiger charge is 2.13. The molecule has 2 rings (SSSR count). The van der Waals surface area contributed by atoms with Crippen molar-refractivity contribution in [3.05, 3.63) is 53.3 Å². The first kappa shape index (κ1) is 17.0. The molecule has 5 nitrogen and oxygen atoms in total. The van der Waals surface area contributed by atoms with Crippen molar-refractivity contribution in [3.8, 4) is 5.75 Å². The zero-order valence-electron chi connectivity index (χ0n) is 12.2. The number of alkyl halides is 2. The minimum absolute atomic E-state index is 0.0181. The Morgan fingerprint density at radius 2 is 2.17 bits per heavy atom. The molecule has 0 aliphatic carbocycles. The Hall–Kier alpha value is -2.41. The molecule has 0 unspecified atom stereocenters. The van der Waals surface area contributed by atoms with Crippen LogP contribution in [0.15, 0.2) is 42.6 Å². The minimum Gasteiger partial charge on any atom is -0.433 e. The lowest BCUT2D eigenvalue weighted by Gasteiger charge is -2.18. The van der Waals surface area contributed by atoms with E-state index < -0.39 is 6.61 Å². The Labute approximate surface area is 136 Å². The fraction of sp³-hybridized carbons (Fsp3) is 0.200. The molecule has 2 amide bonds. The lowest BCUT2D eigenvalue weighted by molar-refractivity contribution is -0.0497. The Morgan fingerprint density at radius 3 is 2.78 bits per heavy atom. The summed E-state index contributed by atoms with van der Waals surface area (Å²) in [6.07, 6.45) is 1.64. The molecule has 0 saturated heterocycles. The number of carbonyl (C=O) groups is 1. The maximum absolute atomic E-state index is 12.2. The molecule has 0 spiro atoms. The van der Waals surface area contributed by atoms with Crippen LogP contribution in [0.25, 0.3) is 0 Å². The molecule has 0 aliphatic heterocycles. The number of anilines is 1. The Bertz CT molecular complexity index is 671. The minimum atomic E-state index is -2.96. The molecule has 1 N–H and O–H groups in total. The highest BCUT2D eigenvalue weighted by atomic mass is 35.5. The van der Waals surface area contributed by atoms with Gasteiger partial charge in [-0.15, -0.1) is 0 Å². The maximum Gasteiger partial charge on any atom is 0.387 e. The summed E-state index contributed by atoms with van der Waals surface area (Å²) >= 11 is 5.83. The highest BCUT2D eigenvalue weighted by Crippen LogP contribution is 2.29. The summed E-state index contributed by atoms with van der Waals surface area (Å²) in [6.45, 7) is -2.63. The number of nitrogens with zero attached hydrogens (tertiary/aromatic N) is 2. The van der Waals surface area contributed by atoms with Gasteiger partial charge in [-0.25, -0.2) is 4.79 Å². The predicted molar refractivity (Wildman–Crippen MR) is 82.8 cm³/mol. The third-order valence-electron chi connectivity index (χ3n) is 2.87. The van der Waals surface area contributed by atoms with Crippen LogP contribution in [-0.4, -0.2) is 29.6 Å². The third-order valence-corrected chi connectivity index (χ3v) is 3.17. The molecule has 2 aromatic rings. The maximum atomic E-state index is 12.2. The van der Waals surface area contributed by atoms with Gasteiger partial charge in [0.15, 0.2) is 0 Å². The number of carbonyl (C=O) groups excluding carboxylic acids is 1. The number of hydrogen-bond acceptors (Lipinski definition) is 3. The summed E-state index contributed by atoms with van der Waals surface area (Å²) in [4.78, 5) is 17.6. The summed E-state index contributed by atoms with van der Waals surface area (Å²) in [5.41, 5.74) is 1.11. The summed E-state index contributed by atoms with van der Waals surface area (Å²) in [5, 5.41) is 2.60. The second-order valence-electron chi connectivity index (χ2n) is 4.63. The van der Waals surface area contributed by atoms with Crippen molar-refractivity contribution in [3.63, 3.8) is 0 Å². The number of rotatable bonds is 5. The van der Waals surface area contributed by atoms with E-state index >= 15 is 0 Å². The fourth-order valence-corrected chi connectivity index (χ4v) is 2.02. The molecule has 1 heterocycles. The van der Waals surface area contributed by atoms with Crippen molar-refractivity contribution in [1.82, 2.24) is 9.88 Å². The van der Waals surface area contributed by atoms with Gasteiger partial charge in [-0.3, -0.25) is 4.98 Å². The van der Waals surface area contributed by atoms with E-state index in [4.69, 9.17) is 11.6 Å². The standard InChI is InChI=1S/C15H14ClF2N3O2/c1-21(9-11-4-2-3-7-19-11)15(22)20-10-5-6-13(12(16)8-10)23-14(17)18/h2-8,14H,9H2,1H3,(H,20,22). The number of urea groups is 1. The molecule has 122 valence electrons. The summed E-state index contributed by atoms with van der Waals surface area (Å²) < 4.78 is 28.6. The van der Waals surface area contributed by atoms with Crippen LogP contribution in [0.2, 0.25) is 5.02 Å². The molecule has 0 atom stereocenters. The van der Waals surface area contributed by atoms with Gasteiger partial charge >= 0.3 is 12.6 Å². The molecule has 1 aromatic carbocycles. The van der Waals surface area contributed by atoms with Crippen molar-refractivity contribution < 1.29 is 18.3 Å². The number of pyridine rings is 1. The van der Waals surface area contributed by atoms with Crippen molar-refractivity contribution in [2.45, 2.75) is 13.2 Å². The lowest BCUT2D eigenvalue weighted by Crippen LogP contribution is -2.31. The van der Waals surface area contributed by atoms with Crippen LogP contribution in [-0.2, 0) is 6.54 Å². The van der Waals surface area contributed by atoms with Gasteiger partial charge in [0.25, 0.3) is 0 Å². The highest BCUT2D eigenvalue weighted by molar-refractivity contribution is 6.32. The van der Waals surface area contributed by atoms with E-state index in [-0.39, 0.29) is 16.8 Å². The van der Waals surface area contributed by atoms with Crippen LogP contribution in [0.3, 0.4) is 0 Å². The third kappa shape index (κ3) is 5.07. The molecule has 0 aliphatic rings. The van der Waals surface area contributed by atoms with Gasteiger partial charge < -0.3 is 15.0 Å². The van der Waals surface area contributed by atoms with Gasteiger partial charge in [-0.1, -0.05) is 17.7 Å². The van der Waals surface area contributed by atoms with Crippen LogP contribution in [0.4, 0.5) is 19.3 Å². The van der Waals surface area contributed by atoms with Crippen molar-refractivity contribution in [2.24, 2.45) is 0 Å². The average molecular weight is 342 g/mol. The van der Waals surface area contributed by atoms with E-state index in [0.29, 0.717) is 12.2 Å². The van der Waals surface area contributed by atoms with E-state index in [1.807, 2.05) is 6.07 Å². The van der Waals surface area contributed by atoms with Crippen LogP contribution in [0, 0.1) is 0 Å². The number of ether oxygens (including phenoxy) is 1. The molecule has 0 saturated carbocycles. The van der Waals surface area contributed by atoms with Gasteiger partial charge in [0, 0.05) is 18.9 Å². The number of hydrogen-bond donors (Lipinski definition) is 1. The summed E-state index contributed by atoms with van der Waals surface area (Å²) in [5.74, 6) is -0.151. The molecule has 1 aromatic heterocycles. The van der Waals surface area contributed by atoms with Crippen molar-refractivity contribution in [2.75, 3.05) is 12.4 Å². The normalized spacial score (nSPS) is 10.5. The van der Waals surface area contributed by atoms with Gasteiger partial charge in [0.05, 0.1) is 17.3 Å². The predicted octanol–water partition coefficient (Wildman–Crippen LogP) is 4.00.